The zero-order chi connectivity index (χ0) is 12.5. The molecule has 0 saturated carbocycles. The minimum Gasteiger partial charge on any atom is -0.128 e. The number of halogens is 1. The summed E-state index contributed by atoms with van der Waals surface area (Å²) in [6.07, 6.45) is 1.92. The van der Waals surface area contributed by atoms with Gasteiger partial charge in [-0.15, -0.1) is 5.73 Å². The molecule has 3 rings (SSSR count). The molecule has 0 fully saturated rings. The standard InChI is InChI=1S/C17H11Cl/c1-2-7-12-13-8-3-5-10-15(13)17(18)16-11-6-4-9-14(12)16/h3-11H,1H2. The Bertz CT molecular complexity index is 736. The van der Waals surface area contributed by atoms with Crippen LogP contribution in [0.5, 0.6) is 0 Å². The Morgan fingerprint density at radius 2 is 1.28 bits per heavy atom. The molecule has 0 aliphatic heterocycles. The Morgan fingerprint density at radius 1 is 0.833 bits per heavy atom. The van der Waals surface area contributed by atoms with Gasteiger partial charge >= 0.3 is 0 Å². The van der Waals surface area contributed by atoms with Gasteiger partial charge in [0.05, 0.1) is 5.02 Å². The molecular formula is C17H11Cl. The SMILES string of the molecule is C=C=Cc1c2ccccc2c(Cl)c2ccccc12. The first kappa shape index (κ1) is 11.1. The van der Waals surface area contributed by atoms with Crippen LogP contribution in [-0.2, 0) is 0 Å². The van der Waals surface area contributed by atoms with Crippen molar-refractivity contribution >= 4 is 39.2 Å². The van der Waals surface area contributed by atoms with E-state index in [1.807, 2.05) is 42.5 Å². The fourth-order valence-electron chi connectivity index (χ4n) is 2.37. The topological polar surface area (TPSA) is 0 Å². The van der Waals surface area contributed by atoms with E-state index in [0.29, 0.717) is 0 Å². The molecule has 0 nitrogen and oxygen atoms in total. The van der Waals surface area contributed by atoms with Gasteiger partial charge in [-0.2, -0.15) is 0 Å². The molecule has 3 aromatic rings. The van der Waals surface area contributed by atoms with E-state index in [-0.39, 0.29) is 0 Å². The van der Waals surface area contributed by atoms with Crippen LogP contribution in [0.2, 0.25) is 5.02 Å². The van der Waals surface area contributed by atoms with Crippen LogP contribution in [0.3, 0.4) is 0 Å². The first-order chi connectivity index (χ1) is 8.83. The highest BCUT2D eigenvalue weighted by Gasteiger charge is 2.09. The second-order valence-corrected chi connectivity index (χ2v) is 4.55. The lowest BCUT2D eigenvalue weighted by molar-refractivity contribution is 1.74. The summed E-state index contributed by atoms with van der Waals surface area (Å²) in [5, 5.41) is 5.22. The molecule has 0 bridgehead atoms. The van der Waals surface area contributed by atoms with Crippen LogP contribution in [0.4, 0.5) is 0 Å². The summed E-state index contributed by atoms with van der Waals surface area (Å²) in [7, 11) is 0. The zero-order valence-electron chi connectivity index (χ0n) is 9.78. The van der Waals surface area contributed by atoms with Gasteiger partial charge in [0.1, 0.15) is 0 Å². The maximum Gasteiger partial charge on any atom is 0.0563 e. The lowest BCUT2D eigenvalue weighted by Crippen LogP contribution is -1.84. The first-order valence-electron chi connectivity index (χ1n) is 5.77. The Labute approximate surface area is 111 Å². The van der Waals surface area contributed by atoms with Crippen molar-refractivity contribution in [3.8, 4) is 0 Å². The van der Waals surface area contributed by atoms with Crippen molar-refractivity contribution in [2.24, 2.45) is 0 Å². The highest BCUT2D eigenvalue weighted by Crippen LogP contribution is 2.36. The molecule has 0 atom stereocenters. The van der Waals surface area contributed by atoms with Crippen molar-refractivity contribution < 1.29 is 0 Å². The van der Waals surface area contributed by atoms with Crippen LogP contribution in [0, 0.1) is 0 Å². The van der Waals surface area contributed by atoms with Crippen LogP contribution in [0.25, 0.3) is 27.6 Å². The zero-order valence-corrected chi connectivity index (χ0v) is 10.5. The monoisotopic (exact) mass is 250 g/mol. The normalized spacial score (nSPS) is 10.5. The molecule has 0 heterocycles. The summed E-state index contributed by atoms with van der Waals surface area (Å²) in [5.41, 5.74) is 4.00. The summed E-state index contributed by atoms with van der Waals surface area (Å²) >= 11 is 6.50. The molecule has 0 aliphatic rings. The number of rotatable bonds is 1. The van der Waals surface area contributed by atoms with Gasteiger partial charge in [-0.05, 0) is 22.4 Å². The van der Waals surface area contributed by atoms with Gasteiger partial charge in [-0.25, -0.2) is 0 Å². The second kappa shape index (κ2) is 4.34. The summed E-state index contributed by atoms with van der Waals surface area (Å²) in [4.78, 5) is 0. The quantitative estimate of drug-likeness (QED) is 0.398. The lowest BCUT2D eigenvalue weighted by Gasteiger charge is -2.10. The second-order valence-electron chi connectivity index (χ2n) is 4.17. The van der Waals surface area contributed by atoms with Gasteiger partial charge in [0.15, 0.2) is 0 Å². The molecule has 0 N–H and O–H groups in total. The van der Waals surface area contributed by atoms with Gasteiger partial charge in [0.2, 0.25) is 0 Å². The largest absolute Gasteiger partial charge is 0.128 e. The Balaban J connectivity index is 2.67. The van der Waals surface area contributed by atoms with Gasteiger partial charge in [0, 0.05) is 10.8 Å². The molecule has 0 unspecified atom stereocenters. The summed E-state index contributed by atoms with van der Waals surface area (Å²) in [6, 6.07) is 16.3. The van der Waals surface area contributed by atoms with Crippen molar-refractivity contribution in [1.82, 2.24) is 0 Å². The number of hydrogen-bond acceptors (Lipinski definition) is 0. The third-order valence-electron chi connectivity index (χ3n) is 3.15. The summed E-state index contributed by atoms with van der Waals surface area (Å²) in [6.45, 7) is 3.68. The van der Waals surface area contributed by atoms with Crippen LogP contribution in [-0.4, -0.2) is 0 Å². The predicted octanol–water partition coefficient (Wildman–Crippen LogP) is 5.44. The van der Waals surface area contributed by atoms with Gasteiger partial charge in [-0.3, -0.25) is 0 Å². The molecule has 18 heavy (non-hydrogen) atoms. The lowest BCUT2D eigenvalue weighted by atomic mass is 9.96. The number of hydrogen-bond donors (Lipinski definition) is 0. The van der Waals surface area contributed by atoms with Crippen LogP contribution in [0.15, 0.2) is 60.8 Å². The molecule has 0 aromatic heterocycles. The predicted molar refractivity (Wildman–Crippen MR) is 80.1 cm³/mol. The minimum atomic E-state index is 0.808. The molecule has 86 valence electrons. The molecule has 0 aliphatic carbocycles. The van der Waals surface area contributed by atoms with Crippen molar-refractivity contribution in [2.45, 2.75) is 0 Å². The molecule has 0 spiro atoms. The summed E-state index contributed by atoms with van der Waals surface area (Å²) < 4.78 is 0. The molecule has 0 amide bonds. The Morgan fingerprint density at radius 3 is 1.72 bits per heavy atom. The number of fused-ring (bicyclic) bond motifs is 2. The smallest absolute Gasteiger partial charge is 0.0563 e. The Hall–Kier alpha value is -2.01. The fourth-order valence-corrected chi connectivity index (χ4v) is 2.70. The van der Waals surface area contributed by atoms with Crippen molar-refractivity contribution in [2.75, 3.05) is 0 Å². The first-order valence-corrected chi connectivity index (χ1v) is 6.15. The van der Waals surface area contributed by atoms with E-state index in [1.165, 1.54) is 0 Å². The van der Waals surface area contributed by atoms with Gasteiger partial charge in [0.25, 0.3) is 0 Å². The summed E-state index contributed by atoms with van der Waals surface area (Å²) in [5.74, 6) is 0. The molecule has 0 saturated heterocycles. The van der Waals surface area contributed by atoms with E-state index in [9.17, 15) is 0 Å². The van der Waals surface area contributed by atoms with E-state index >= 15 is 0 Å². The van der Waals surface area contributed by atoms with Gasteiger partial charge in [-0.1, -0.05) is 66.7 Å². The van der Waals surface area contributed by atoms with Crippen LogP contribution < -0.4 is 0 Å². The molecular weight excluding hydrogens is 240 g/mol. The fraction of sp³-hybridized carbons (Fsp3) is 0. The average molecular weight is 251 g/mol. The minimum absolute atomic E-state index is 0.808. The van der Waals surface area contributed by atoms with Crippen molar-refractivity contribution in [3.63, 3.8) is 0 Å². The van der Waals surface area contributed by atoms with E-state index in [1.54, 1.807) is 0 Å². The van der Waals surface area contributed by atoms with Crippen molar-refractivity contribution in [3.05, 3.63) is 71.4 Å². The maximum atomic E-state index is 6.50. The van der Waals surface area contributed by atoms with Crippen LogP contribution in [0.1, 0.15) is 5.56 Å². The van der Waals surface area contributed by atoms with E-state index in [4.69, 9.17) is 11.6 Å². The highest BCUT2D eigenvalue weighted by atomic mass is 35.5. The third-order valence-corrected chi connectivity index (χ3v) is 3.56. The van der Waals surface area contributed by atoms with E-state index in [2.05, 4.69) is 24.4 Å². The maximum absolute atomic E-state index is 6.50. The number of benzene rings is 3. The van der Waals surface area contributed by atoms with Crippen molar-refractivity contribution in [1.29, 1.82) is 0 Å². The van der Waals surface area contributed by atoms with Crippen LogP contribution >= 0.6 is 11.6 Å². The molecule has 3 aromatic carbocycles. The molecule has 1 heteroatoms. The third kappa shape index (κ3) is 1.55. The average Bonchev–Trinajstić information content (AvgIpc) is 2.43. The Kier molecular flexibility index (Phi) is 2.68. The molecule has 0 radical (unpaired) electrons. The highest BCUT2D eigenvalue weighted by molar-refractivity contribution is 6.41. The van der Waals surface area contributed by atoms with E-state index < -0.39 is 0 Å². The van der Waals surface area contributed by atoms with E-state index in [0.717, 1.165) is 32.1 Å². The van der Waals surface area contributed by atoms with Gasteiger partial charge < -0.3 is 0 Å².